The van der Waals surface area contributed by atoms with E-state index in [2.05, 4.69) is 36.1 Å². The molecule has 366 valence electrons. The average molecular weight is 980 g/mol. The number of fused-ring (bicyclic) bond motifs is 2. The van der Waals surface area contributed by atoms with Crippen LogP contribution in [-0.2, 0) is 26.3 Å². The molecule has 5 saturated heterocycles. The summed E-state index contributed by atoms with van der Waals surface area (Å²) in [6.07, 6.45) is 10.9. The van der Waals surface area contributed by atoms with E-state index in [0.717, 1.165) is 106 Å². The number of rotatable bonds is 11. The van der Waals surface area contributed by atoms with Crippen LogP contribution < -0.4 is 19.8 Å². The van der Waals surface area contributed by atoms with Gasteiger partial charge in [0.05, 0.1) is 11.3 Å². The van der Waals surface area contributed by atoms with Crippen LogP contribution in [0.25, 0.3) is 22.2 Å². The highest BCUT2D eigenvalue weighted by atomic mass is 32.2. The van der Waals surface area contributed by atoms with Gasteiger partial charge in [-0.1, -0.05) is 0 Å². The Morgan fingerprint density at radius 1 is 0.857 bits per heavy atom. The van der Waals surface area contributed by atoms with Gasteiger partial charge in [-0.3, -0.25) is 29.2 Å². The number of imide groups is 1. The molecule has 0 saturated carbocycles. The van der Waals surface area contributed by atoms with Crippen molar-refractivity contribution in [2.45, 2.75) is 70.1 Å². The maximum atomic E-state index is 15.8. The number of nitrogens with zero attached hydrogens (tertiary/aromatic N) is 8. The van der Waals surface area contributed by atoms with Crippen molar-refractivity contribution in [2.75, 3.05) is 73.4 Å². The van der Waals surface area contributed by atoms with Gasteiger partial charge in [0.25, 0.3) is 5.91 Å². The third-order valence-electron chi connectivity index (χ3n) is 15.4. The zero-order valence-corrected chi connectivity index (χ0v) is 39.1. The molecule has 3 aromatic heterocycles. The normalized spacial score (nSPS) is 22.4. The lowest BCUT2D eigenvalue weighted by Crippen LogP contribution is -2.52. The molecule has 11 rings (SSSR count). The monoisotopic (exact) mass is 979 g/mol. The Morgan fingerprint density at radius 2 is 1.61 bits per heavy atom. The second-order valence-corrected chi connectivity index (χ2v) is 21.4. The first-order valence-corrected chi connectivity index (χ1v) is 25.4. The molecular formula is C49H52F3N11O6S. The number of anilines is 3. The molecule has 5 fully saturated rings. The molecule has 21 heteroatoms. The molecule has 1 spiro atoms. The van der Waals surface area contributed by atoms with E-state index in [1.54, 1.807) is 29.6 Å². The number of H-pyrrole nitrogens is 1. The zero-order chi connectivity index (χ0) is 48.5. The number of halogens is 3. The number of ketones is 1. The molecule has 3 amide bonds. The molecule has 0 aliphatic carbocycles. The van der Waals surface area contributed by atoms with E-state index >= 15 is 8.78 Å². The highest BCUT2D eigenvalue weighted by Crippen LogP contribution is 2.42. The summed E-state index contributed by atoms with van der Waals surface area (Å²) in [5.74, 6) is -3.23. The Balaban J connectivity index is 0.675. The lowest BCUT2D eigenvalue weighted by molar-refractivity contribution is -0.136. The molecule has 5 aromatic rings. The van der Waals surface area contributed by atoms with Gasteiger partial charge in [-0.05, 0) is 105 Å². The summed E-state index contributed by atoms with van der Waals surface area (Å²) in [6.45, 7) is 6.66. The molecular weight excluding hydrogens is 928 g/mol. The molecule has 0 bridgehead atoms. The van der Waals surface area contributed by atoms with Gasteiger partial charge in [0, 0.05) is 123 Å². The van der Waals surface area contributed by atoms with Gasteiger partial charge in [0.1, 0.15) is 23.7 Å². The fraction of sp³-hybridized carbons (Fsp3) is 0.449. The maximum absolute atomic E-state index is 15.8. The molecule has 6 aliphatic heterocycles. The third kappa shape index (κ3) is 8.65. The van der Waals surface area contributed by atoms with Gasteiger partial charge in [0.15, 0.2) is 5.82 Å². The topological polar surface area (TPSA) is 197 Å². The van der Waals surface area contributed by atoms with E-state index in [-0.39, 0.29) is 47.6 Å². The smallest absolute Gasteiger partial charge is 0.301 e. The number of carbonyl (C=O) groups excluding carboxylic acids is 4. The molecule has 17 nitrogen and oxygen atoms in total. The average Bonchev–Trinajstić information content (AvgIpc) is 4.16. The third-order valence-corrected chi connectivity index (χ3v) is 16.9. The molecule has 70 heavy (non-hydrogen) atoms. The Bertz CT molecular complexity index is 3030. The lowest BCUT2D eigenvalue weighted by Gasteiger charge is -2.40. The number of amides is 3. The van der Waals surface area contributed by atoms with Crippen molar-refractivity contribution in [3.63, 3.8) is 0 Å². The summed E-state index contributed by atoms with van der Waals surface area (Å²) < 4.78 is 73.2. The summed E-state index contributed by atoms with van der Waals surface area (Å²) >= 11 is 0. The molecule has 2 atom stereocenters. The van der Waals surface area contributed by atoms with E-state index in [1.165, 1.54) is 6.20 Å². The van der Waals surface area contributed by atoms with Crippen LogP contribution in [0.4, 0.5) is 30.5 Å². The van der Waals surface area contributed by atoms with Crippen molar-refractivity contribution in [3.05, 3.63) is 95.1 Å². The number of alkyl halides is 1. The van der Waals surface area contributed by atoms with Crippen molar-refractivity contribution in [2.24, 2.45) is 11.3 Å². The fourth-order valence-electron chi connectivity index (χ4n) is 11.3. The summed E-state index contributed by atoms with van der Waals surface area (Å²) in [5, 5.41) is 2.66. The minimum atomic E-state index is -4.37. The number of pyridine rings is 1. The van der Waals surface area contributed by atoms with Crippen molar-refractivity contribution >= 4 is 62.1 Å². The van der Waals surface area contributed by atoms with Crippen molar-refractivity contribution in [1.82, 2.24) is 39.4 Å². The standard InChI is InChI=1S/C49H52F3N11O6S/c50-33-9-15-62(27-33)70(68,69)58-39-4-3-38(51)42(43(39)52)44(65)37-24-54-45-36(37)20-30(21-53-45)32-22-55-48(56-23-32)61-17-11-49(12-18-61)10-16-59(28-49)25-29-7-13-60(14-8-29)34-1-2-35-31(19-34)26-63(47(35)67)40-5-6-41(64)57-46(40)66/h1-4,19-24,29,33,40,58H,5-18,25-28H2,(H,53,54)(H,57,64,66)/t33-,40?/m1/s1. The van der Waals surface area contributed by atoms with Crippen LogP contribution in [-0.4, -0.2) is 137 Å². The first-order chi connectivity index (χ1) is 33.7. The SMILES string of the molecule is O=C1CCC(N2Cc3cc(N4CCC(CN5CCC6(CCN(c7ncc(-c8cnc9[nH]cc(C(=O)c%10c(F)ccc(NS(=O)(=O)N%11CC[C@@H](F)C%11)c%10F)c9c8)cn7)CC6)C5)CC4)ccc3C2=O)C(=O)N1. The van der Waals surface area contributed by atoms with Gasteiger partial charge in [0.2, 0.25) is 23.5 Å². The van der Waals surface area contributed by atoms with Crippen LogP contribution in [0.5, 0.6) is 0 Å². The summed E-state index contributed by atoms with van der Waals surface area (Å²) in [6, 6.07) is 8.72. The number of hydrogen-bond acceptors (Lipinski definition) is 12. The molecule has 2 aromatic carbocycles. The van der Waals surface area contributed by atoms with Gasteiger partial charge in [-0.15, -0.1) is 0 Å². The van der Waals surface area contributed by atoms with Crippen molar-refractivity contribution in [1.29, 1.82) is 0 Å². The Morgan fingerprint density at radius 3 is 2.36 bits per heavy atom. The van der Waals surface area contributed by atoms with Crippen LogP contribution in [0.15, 0.2) is 61.2 Å². The van der Waals surface area contributed by atoms with Crippen molar-refractivity contribution in [3.8, 4) is 11.1 Å². The largest absolute Gasteiger partial charge is 0.372 e. The number of benzene rings is 2. The molecule has 0 radical (unpaired) electrons. The van der Waals surface area contributed by atoms with Gasteiger partial charge in [-0.25, -0.2) is 28.1 Å². The van der Waals surface area contributed by atoms with E-state index < -0.39 is 63.5 Å². The number of piperidine rings is 3. The van der Waals surface area contributed by atoms with Gasteiger partial charge < -0.3 is 24.6 Å². The van der Waals surface area contributed by atoms with Crippen LogP contribution in [0.2, 0.25) is 0 Å². The quantitative estimate of drug-likeness (QED) is 0.116. The van der Waals surface area contributed by atoms with Crippen LogP contribution in [0.1, 0.15) is 83.2 Å². The molecule has 9 heterocycles. The highest BCUT2D eigenvalue weighted by molar-refractivity contribution is 7.90. The van der Waals surface area contributed by atoms with E-state index in [9.17, 15) is 32.0 Å². The second kappa shape index (κ2) is 18.1. The summed E-state index contributed by atoms with van der Waals surface area (Å²) in [7, 11) is -4.37. The van der Waals surface area contributed by atoms with Crippen LogP contribution in [0, 0.1) is 23.0 Å². The summed E-state index contributed by atoms with van der Waals surface area (Å²) in [5.41, 5.74) is 2.73. The molecule has 6 aliphatic rings. The maximum Gasteiger partial charge on any atom is 0.301 e. The number of aromatic nitrogens is 4. The number of nitrogens with one attached hydrogen (secondary N) is 3. The minimum Gasteiger partial charge on any atom is -0.372 e. The predicted octanol–water partition coefficient (Wildman–Crippen LogP) is 5.20. The minimum absolute atomic E-state index is 0.00150. The Labute approximate surface area is 402 Å². The van der Waals surface area contributed by atoms with Crippen LogP contribution >= 0.6 is 0 Å². The number of carbonyl (C=O) groups is 4. The second-order valence-electron chi connectivity index (χ2n) is 19.7. The number of likely N-dealkylation sites (tertiary alicyclic amines) is 1. The van der Waals surface area contributed by atoms with E-state index in [1.807, 2.05) is 16.9 Å². The first-order valence-electron chi connectivity index (χ1n) is 23.9. The Kier molecular flexibility index (Phi) is 11.9. The predicted molar refractivity (Wildman–Crippen MR) is 253 cm³/mol. The molecule has 3 N–H and O–H groups in total. The fourth-order valence-corrected chi connectivity index (χ4v) is 12.6. The van der Waals surface area contributed by atoms with Crippen LogP contribution in [0.3, 0.4) is 0 Å². The van der Waals surface area contributed by atoms with Gasteiger partial charge >= 0.3 is 10.2 Å². The van der Waals surface area contributed by atoms with Crippen molar-refractivity contribution < 1.29 is 40.8 Å². The summed E-state index contributed by atoms with van der Waals surface area (Å²) in [4.78, 5) is 76.7. The van der Waals surface area contributed by atoms with Gasteiger partial charge in [-0.2, -0.15) is 12.7 Å². The number of hydrogen-bond donors (Lipinski definition) is 3. The zero-order valence-electron chi connectivity index (χ0n) is 38.3. The first kappa shape index (κ1) is 46.0. The number of aromatic amines is 1. The highest BCUT2D eigenvalue weighted by Gasteiger charge is 2.43. The van der Waals surface area contributed by atoms with E-state index in [4.69, 9.17) is 9.97 Å². The molecule has 1 unspecified atom stereocenters. The lowest BCUT2D eigenvalue weighted by atomic mass is 9.78. The van der Waals surface area contributed by atoms with E-state index in [0.29, 0.717) is 47.2 Å². The Hall–Kier alpha value is -6.45.